The number of carbonyl (C=O) groups excluding carboxylic acids is 1. The normalized spacial score (nSPS) is 12.2. The van der Waals surface area contributed by atoms with Crippen LogP contribution in [0.3, 0.4) is 0 Å². The number of carbonyl (C=O) groups is 1. The molecule has 1 heterocycles. The highest BCUT2D eigenvalue weighted by atomic mass is 79.9. The van der Waals surface area contributed by atoms with Crippen LogP contribution in [0.1, 0.15) is 11.6 Å². The van der Waals surface area contributed by atoms with E-state index in [0.29, 0.717) is 10.2 Å². The van der Waals surface area contributed by atoms with E-state index in [4.69, 9.17) is 5.73 Å². The average Bonchev–Trinajstić information content (AvgIpc) is 2.15. The highest BCUT2D eigenvalue weighted by molar-refractivity contribution is 9.10. The lowest BCUT2D eigenvalue weighted by molar-refractivity contribution is -0.142. The van der Waals surface area contributed by atoms with Gasteiger partial charge in [-0.15, -0.1) is 0 Å². The van der Waals surface area contributed by atoms with Crippen molar-refractivity contribution in [2.45, 2.75) is 6.04 Å². The summed E-state index contributed by atoms with van der Waals surface area (Å²) in [5.41, 5.74) is 6.27. The van der Waals surface area contributed by atoms with E-state index in [1.54, 1.807) is 18.3 Å². The van der Waals surface area contributed by atoms with Crippen molar-refractivity contribution in [2.24, 2.45) is 5.73 Å². The van der Waals surface area contributed by atoms with E-state index in [2.05, 4.69) is 25.7 Å². The number of hydrogen-bond acceptors (Lipinski definition) is 4. The van der Waals surface area contributed by atoms with Gasteiger partial charge in [0.1, 0.15) is 10.6 Å². The van der Waals surface area contributed by atoms with Gasteiger partial charge in [-0.2, -0.15) is 0 Å². The van der Waals surface area contributed by atoms with Gasteiger partial charge >= 0.3 is 5.97 Å². The molecule has 0 saturated heterocycles. The molecule has 0 aromatic carbocycles. The van der Waals surface area contributed by atoms with E-state index in [1.807, 2.05) is 0 Å². The number of halogens is 1. The summed E-state index contributed by atoms with van der Waals surface area (Å²) in [4.78, 5) is 15.0. The summed E-state index contributed by atoms with van der Waals surface area (Å²) in [6.07, 6.45) is 1.57. The summed E-state index contributed by atoms with van der Waals surface area (Å²) >= 11 is 3.18. The number of hydrogen-bond donors (Lipinski definition) is 1. The van der Waals surface area contributed by atoms with Gasteiger partial charge in [0.15, 0.2) is 0 Å². The number of nitrogens with zero attached hydrogens (tertiary/aromatic N) is 1. The fourth-order valence-corrected chi connectivity index (χ4v) is 1.26. The second kappa shape index (κ2) is 4.34. The van der Waals surface area contributed by atoms with Crippen LogP contribution in [0, 0.1) is 0 Å². The predicted octanol–water partition coefficient (Wildman–Crippen LogP) is 1.02. The Kier molecular flexibility index (Phi) is 3.39. The summed E-state index contributed by atoms with van der Waals surface area (Å²) in [6, 6.07) is 2.61. The molecule has 0 spiro atoms. The number of esters is 1. The fourth-order valence-electron chi connectivity index (χ4n) is 0.874. The van der Waals surface area contributed by atoms with Crippen molar-refractivity contribution in [3.63, 3.8) is 0 Å². The van der Waals surface area contributed by atoms with Crippen molar-refractivity contribution >= 4 is 21.9 Å². The molecule has 0 radical (unpaired) electrons. The molecule has 1 atom stereocenters. The van der Waals surface area contributed by atoms with Crippen LogP contribution < -0.4 is 5.73 Å². The lowest BCUT2D eigenvalue weighted by atomic mass is 10.1. The lowest BCUT2D eigenvalue weighted by Gasteiger charge is -2.08. The average molecular weight is 245 g/mol. The topological polar surface area (TPSA) is 65.2 Å². The second-order valence-corrected chi connectivity index (χ2v) is 3.23. The van der Waals surface area contributed by atoms with E-state index in [9.17, 15) is 4.79 Å². The zero-order valence-electron chi connectivity index (χ0n) is 7.03. The van der Waals surface area contributed by atoms with Crippen molar-refractivity contribution in [1.29, 1.82) is 0 Å². The molecule has 1 rings (SSSR count). The van der Waals surface area contributed by atoms with Gasteiger partial charge < -0.3 is 10.5 Å². The van der Waals surface area contributed by atoms with Gasteiger partial charge in [0.05, 0.1) is 7.11 Å². The maximum Gasteiger partial charge on any atom is 0.327 e. The number of methoxy groups -OCH3 is 1. The Labute approximate surface area is 84.2 Å². The summed E-state index contributed by atoms with van der Waals surface area (Å²) in [5.74, 6) is -0.460. The maximum absolute atomic E-state index is 11.0. The Bertz CT molecular complexity index is 317. The number of aromatic nitrogens is 1. The molecule has 70 valence electrons. The smallest absolute Gasteiger partial charge is 0.327 e. The van der Waals surface area contributed by atoms with Crippen molar-refractivity contribution in [3.8, 4) is 0 Å². The van der Waals surface area contributed by atoms with E-state index < -0.39 is 12.0 Å². The Morgan fingerprint density at radius 2 is 2.46 bits per heavy atom. The van der Waals surface area contributed by atoms with Crippen LogP contribution in [0.4, 0.5) is 0 Å². The maximum atomic E-state index is 11.0. The van der Waals surface area contributed by atoms with E-state index in [1.165, 1.54) is 7.11 Å². The van der Waals surface area contributed by atoms with Crippen LogP contribution in [0.15, 0.2) is 22.9 Å². The van der Waals surface area contributed by atoms with Crippen LogP contribution in [0.2, 0.25) is 0 Å². The zero-order chi connectivity index (χ0) is 9.84. The fraction of sp³-hybridized carbons (Fsp3) is 0.250. The number of ether oxygens (including phenoxy) is 1. The first-order chi connectivity index (χ1) is 6.15. The zero-order valence-corrected chi connectivity index (χ0v) is 8.61. The summed E-state index contributed by atoms with van der Waals surface area (Å²) < 4.78 is 5.15. The van der Waals surface area contributed by atoms with Gasteiger partial charge in [-0.25, -0.2) is 4.98 Å². The third-order valence-electron chi connectivity index (χ3n) is 1.56. The van der Waals surface area contributed by atoms with Crippen LogP contribution in [-0.4, -0.2) is 18.1 Å². The number of pyridine rings is 1. The third-order valence-corrected chi connectivity index (χ3v) is 2.00. The molecule has 1 unspecified atom stereocenters. The van der Waals surface area contributed by atoms with Gasteiger partial charge in [-0.1, -0.05) is 0 Å². The molecule has 0 aliphatic rings. The Morgan fingerprint density at radius 1 is 1.77 bits per heavy atom. The Morgan fingerprint density at radius 3 is 3.00 bits per heavy atom. The van der Waals surface area contributed by atoms with Gasteiger partial charge in [0, 0.05) is 6.20 Å². The predicted molar refractivity (Wildman–Crippen MR) is 50.9 cm³/mol. The minimum Gasteiger partial charge on any atom is -0.468 e. The lowest BCUT2D eigenvalue weighted by Crippen LogP contribution is -2.22. The minimum absolute atomic E-state index is 0.460. The number of nitrogens with two attached hydrogens (primary N) is 1. The van der Waals surface area contributed by atoms with Crippen LogP contribution >= 0.6 is 15.9 Å². The van der Waals surface area contributed by atoms with Crippen molar-refractivity contribution in [1.82, 2.24) is 4.98 Å². The quantitative estimate of drug-likeness (QED) is 0.624. The number of rotatable bonds is 2. The van der Waals surface area contributed by atoms with Gasteiger partial charge in [0.25, 0.3) is 0 Å². The summed E-state index contributed by atoms with van der Waals surface area (Å²) in [6.45, 7) is 0. The highest BCUT2D eigenvalue weighted by Gasteiger charge is 2.15. The molecule has 4 nitrogen and oxygen atoms in total. The van der Waals surface area contributed by atoms with Gasteiger partial charge in [-0.3, -0.25) is 4.79 Å². The van der Waals surface area contributed by atoms with Crippen LogP contribution in [0.25, 0.3) is 0 Å². The molecule has 13 heavy (non-hydrogen) atoms. The molecule has 0 fully saturated rings. The molecule has 0 aliphatic heterocycles. The first-order valence-electron chi connectivity index (χ1n) is 3.60. The molecule has 0 amide bonds. The molecular weight excluding hydrogens is 236 g/mol. The molecular formula is C8H9BrN2O2. The van der Waals surface area contributed by atoms with E-state index in [-0.39, 0.29) is 0 Å². The molecule has 1 aromatic rings. The summed E-state index contributed by atoms with van der Waals surface area (Å²) in [5, 5.41) is 0. The van der Waals surface area contributed by atoms with Crippen molar-refractivity contribution in [2.75, 3.05) is 7.11 Å². The van der Waals surface area contributed by atoms with Crippen LogP contribution in [-0.2, 0) is 9.53 Å². The molecule has 2 N–H and O–H groups in total. The van der Waals surface area contributed by atoms with Gasteiger partial charge in [-0.05, 0) is 33.6 Å². The van der Waals surface area contributed by atoms with Crippen LogP contribution in [0.5, 0.6) is 0 Å². The monoisotopic (exact) mass is 244 g/mol. The Balaban J connectivity index is 2.88. The highest BCUT2D eigenvalue weighted by Crippen LogP contribution is 2.14. The molecule has 5 heteroatoms. The Hall–Kier alpha value is -0.940. The first kappa shape index (κ1) is 10.1. The SMILES string of the molecule is COC(=O)C(N)c1ccnc(Br)c1. The second-order valence-electron chi connectivity index (χ2n) is 2.41. The molecule has 0 aliphatic carbocycles. The minimum atomic E-state index is -0.746. The van der Waals surface area contributed by atoms with Crippen molar-refractivity contribution < 1.29 is 9.53 Å². The molecule has 1 aromatic heterocycles. The van der Waals surface area contributed by atoms with E-state index >= 15 is 0 Å². The molecule has 0 bridgehead atoms. The first-order valence-corrected chi connectivity index (χ1v) is 4.39. The third kappa shape index (κ3) is 2.50. The molecule has 0 saturated carbocycles. The summed E-state index contributed by atoms with van der Waals surface area (Å²) in [7, 11) is 1.30. The van der Waals surface area contributed by atoms with Crippen molar-refractivity contribution in [3.05, 3.63) is 28.5 Å². The standard InChI is InChI=1S/C8H9BrN2O2/c1-13-8(12)7(10)5-2-3-11-6(9)4-5/h2-4,7H,10H2,1H3. The largest absolute Gasteiger partial charge is 0.468 e. The van der Waals surface area contributed by atoms with E-state index in [0.717, 1.165) is 0 Å². The van der Waals surface area contributed by atoms with Gasteiger partial charge in [0.2, 0.25) is 0 Å².